The molecule has 4 rings (SSSR count). The number of aliphatic hydroxyl groups excluding tert-OH is 1. The van der Waals surface area contributed by atoms with E-state index in [0.717, 1.165) is 36.8 Å². The van der Waals surface area contributed by atoms with Crippen LogP contribution in [0.1, 0.15) is 49.3 Å². The lowest BCUT2D eigenvalue weighted by atomic mass is 9.72. The fourth-order valence-electron chi connectivity index (χ4n) is 4.73. The Hall–Kier alpha value is -1.88. The maximum Gasteiger partial charge on any atom is 0.224 e. The summed E-state index contributed by atoms with van der Waals surface area (Å²) in [5.74, 6) is -0.151. The van der Waals surface area contributed by atoms with Crippen LogP contribution in [0.25, 0.3) is 0 Å². The van der Waals surface area contributed by atoms with E-state index in [1.165, 1.54) is 0 Å². The number of hydrogen-bond acceptors (Lipinski definition) is 3. The molecule has 1 aromatic rings. The van der Waals surface area contributed by atoms with Gasteiger partial charge in [0.05, 0.1) is 18.1 Å². The molecule has 128 valence electrons. The van der Waals surface area contributed by atoms with Crippen molar-refractivity contribution in [3.63, 3.8) is 0 Å². The molecule has 0 bridgehead atoms. The lowest BCUT2D eigenvalue weighted by Crippen LogP contribution is -2.54. The average molecular weight is 328 g/mol. The largest absolute Gasteiger partial charge is 0.390 e. The zero-order valence-electron chi connectivity index (χ0n) is 13.7. The van der Waals surface area contributed by atoms with Crippen molar-refractivity contribution >= 4 is 11.8 Å². The minimum atomic E-state index is -0.592. The number of hydrogen-bond donors (Lipinski definition) is 3. The van der Waals surface area contributed by atoms with Gasteiger partial charge >= 0.3 is 0 Å². The van der Waals surface area contributed by atoms with Crippen molar-refractivity contribution in [3.8, 4) is 0 Å². The first-order valence-electron chi connectivity index (χ1n) is 8.99. The molecular weight excluding hydrogens is 304 g/mol. The molecule has 5 heteroatoms. The smallest absolute Gasteiger partial charge is 0.224 e. The van der Waals surface area contributed by atoms with Gasteiger partial charge in [-0.15, -0.1) is 0 Å². The van der Waals surface area contributed by atoms with Crippen LogP contribution in [0.5, 0.6) is 0 Å². The Morgan fingerprint density at radius 1 is 1.17 bits per heavy atom. The van der Waals surface area contributed by atoms with E-state index >= 15 is 0 Å². The standard InChI is InChI=1S/C19H24N2O3/c22-16-9-11-5-1-2-6-12(11)18(16)21-19(24)14-10-17(23)20-15-8-4-3-7-13(14)15/h1-2,5-6,13-16,18,22H,3-4,7-10H2,(H,20,23)(H,21,24)/t13?,14?,15?,16-,18+/m1/s1. The van der Waals surface area contributed by atoms with Crippen molar-refractivity contribution in [2.75, 3.05) is 0 Å². The molecule has 1 saturated carbocycles. The van der Waals surface area contributed by atoms with Crippen molar-refractivity contribution in [1.29, 1.82) is 0 Å². The average Bonchev–Trinajstić information content (AvgIpc) is 2.89. The molecule has 1 heterocycles. The van der Waals surface area contributed by atoms with E-state index in [-0.39, 0.29) is 42.2 Å². The number of aliphatic hydroxyl groups is 1. The number of carbonyl (C=O) groups excluding carboxylic acids is 2. The first-order valence-corrected chi connectivity index (χ1v) is 8.99. The van der Waals surface area contributed by atoms with Gasteiger partial charge in [-0.05, 0) is 29.9 Å². The quantitative estimate of drug-likeness (QED) is 0.769. The van der Waals surface area contributed by atoms with E-state index in [0.29, 0.717) is 6.42 Å². The van der Waals surface area contributed by atoms with Gasteiger partial charge < -0.3 is 15.7 Å². The molecule has 2 fully saturated rings. The maximum atomic E-state index is 12.9. The summed E-state index contributed by atoms with van der Waals surface area (Å²) in [6.07, 6.45) is 4.43. The van der Waals surface area contributed by atoms with Crippen molar-refractivity contribution in [2.24, 2.45) is 11.8 Å². The second-order valence-corrected chi connectivity index (χ2v) is 7.39. The van der Waals surface area contributed by atoms with Gasteiger partial charge in [-0.1, -0.05) is 37.1 Å². The van der Waals surface area contributed by atoms with E-state index in [1.54, 1.807) is 0 Å². The Kier molecular flexibility index (Phi) is 4.04. The van der Waals surface area contributed by atoms with Crippen LogP contribution < -0.4 is 10.6 Å². The van der Waals surface area contributed by atoms with Crippen LogP contribution in [0.4, 0.5) is 0 Å². The van der Waals surface area contributed by atoms with Crippen LogP contribution in [0.3, 0.4) is 0 Å². The van der Waals surface area contributed by atoms with Gasteiger partial charge in [0.15, 0.2) is 0 Å². The number of amides is 2. The summed E-state index contributed by atoms with van der Waals surface area (Å²) < 4.78 is 0. The lowest BCUT2D eigenvalue weighted by molar-refractivity contribution is -0.138. The van der Waals surface area contributed by atoms with Gasteiger partial charge in [0.1, 0.15) is 0 Å². The van der Waals surface area contributed by atoms with Crippen LogP contribution in [0, 0.1) is 11.8 Å². The second-order valence-electron chi connectivity index (χ2n) is 7.39. The minimum absolute atomic E-state index is 0.0225. The molecule has 5 atom stereocenters. The van der Waals surface area contributed by atoms with Gasteiger partial charge in [-0.25, -0.2) is 0 Å². The third-order valence-electron chi connectivity index (χ3n) is 5.93. The maximum absolute atomic E-state index is 12.9. The zero-order valence-corrected chi connectivity index (χ0v) is 13.7. The fraction of sp³-hybridized carbons (Fsp3) is 0.579. The van der Waals surface area contributed by atoms with Crippen molar-refractivity contribution in [2.45, 2.75) is 56.7 Å². The zero-order chi connectivity index (χ0) is 16.7. The number of piperidine rings is 1. The highest BCUT2D eigenvalue weighted by atomic mass is 16.3. The van der Waals surface area contributed by atoms with E-state index in [2.05, 4.69) is 10.6 Å². The highest BCUT2D eigenvalue weighted by Gasteiger charge is 2.43. The predicted octanol–water partition coefficient (Wildman–Crippen LogP) is 1.46. The molecule has 1 aromatic carbocycles. The van der Waals surface area contributed by atoms with Crippen molar-refractivity contribution in [1.82, 2.24) is 10.6 Å². The number of carbonyl (C=O) groups is 2. The summed E-state index contributed by atoms with van der Waals surface area (Å²) in [6, 6.07) is 7.62. The second kappa shape index (κ2) is 6.20. The lowest BCUT2D eigenvalue weighted by Gasteiger charge is -2.41. The number of fused-ring (bicyclic) bond motifs is 2. The predicted molar refractivity (Wildman–Crippen MR) is 89.0 cm³/mol. The molecule has 24 heavy (non-hydrogen) atoms. The molecule has 0 radical (unpaired) electrons. The summed E-state index contributed by atoms with van der Waals surface area (Å²) >= 11 is 0. The van der Waals surface area contributed by atoms with Crippen molar-refractivity contribution in [3.05, 3.63) is 35.4 Å². The Morgan fingerprint density at radius 2 is 1.96 bits per heavy atom. The topological polar surface area (TPSA) is 78.4 Å². The first-order chi connectivity index (χ1) is 11.6. The summed E-state index contributed by atoms with van der Waals surface area (Å²) in [4.78, 5) is 24.9. The molecule has 3 aliphatic rings. The van der Waals surface area contributed by atoms with Gasteiger partial charge in [0.25, 0.3) is 0 Å². The molecular formula is C19H24N2O3. The van der Waals surface area contributed by atoms with E-state index in [1.807, 2.05) is 24.3 Å². The van der Waals surface area contributed by atoms with Gasteiger partial charge in [-0.3, -0.25) is 9.59 Å². The molecule has 0 aromatic heterocycles. The van der Waals surface area contributed by atoms with Crippen LogP contribution >= 0.6 is 0 Å². The Bertz CT molecular complexity index is 660. The molecule has 1 aliphatic heterocycles. The van der Waals surface area contributed by atoms with Crippen LogP contribution in [0.15, 0.2) is 24.3 Å². The van der Waals surface area contributed by atoms with Crippen LogP contribution in [-0.2, 0) is 16.0 Å². The summed E-state index contributed by atoms with van der Waals surface area (Å²) in [6.45, 7) is 0. The van der Waals surface area contributed by atoms with Crippen molar-refractivity contribution < 1.29 is 14.7 Å². The Balaban J connectivity index is 1.52. The SMILES string of the molecule is O=C1CC(C(=O)N[C@H]2c3ccccc3C[C@H]2O)C2CCCCC2N1. The summed E-state index contributed by atoms with van der Waals surface area (Å²) in [5, 5.41) is 16.4. The van der Waals surface area contributed by atoms with E-state index in [4.69, 9.17) is 0 Å². The molecule has 5 nitrogen and oxygen atoms in total. The molecule has 3 N–H and O–H groups in total. The van der Waals surface area contributed by atoms with Gasteiger partial charge in [0, 0.05) is 18.9 Å². The third-order valence-corrected chi connectivity index (χ3v) is 5.93. The third kappa shape index (κ3) is 2.71. The monoisotopic (exact) mass is 328 g/mol. The number of rotatable bonds is 2. The van der Waals surface area contributed by atoms with Gasteiger partial charge in [-0.2, -0.15) is 0 Å². The van der Waals surface area contributed by atoms with Crippen LogP contribution in [0.2, 0.25) is 0 Å². The highest BCUT2D eigenvalue weighted by molar-refractivity contribution is 5.88. The molecule has 0 spiro atoms. The number of nitrogens with one attached hydrogen (secondary N) is 2. The first kappa shape index (κ1) is 15.6. The molecule has 1 saturated heterocycles. The Morgan fingerprint density at radius 3 is 2.83 bits per heavy atom. The van der Waals surface area contributed by atoms with Crippen LogP contribution in [-0.4, -0.2) is 29.1 Å². The minimum Gasteiger partial charge on any atom is -0.390 e. The normalized spacial score (nSPS) is 34.9. The Labute approximate surface area is 141 Å². The summed E-state index contributed by atoms with van der Waals surface area (Å²) in [5.41, 5.74) is 2.09. The molecule has 2 aliphatic carbocycles. The van der Waals surface area contributed by atoms with Gasteiger partial charge in [0.2, 0.25) is 11.8 Å². The highest BCUT2D eigenvalue weighted by Crippen LogP contribution is 2.37. The van der Waals surface area contributed by atoms with E-state index in [9.17, 15) is 14.7 Å². The fourth-order valence-corrected chi connectivity index (χ4v) is 4.73. The number of benzene rings is 1. The molecule has 3 unspecified atom stereocenters. The van der Waals surface area contributed by atoms with E-state index < -0.39 is 6.10 Å². The summed E-state index contributed by atoms with van der Waals surface area (Å²) in [7, 11) is 0. The molecule has 2 amide bonds.